The normalized spacial score (nSPS) is 10.2. The van der Waals surface area contributed by atoms with Crippen molar-refractivity contribution in [2.75, 3.05) is 17.7 Å². The van der Waals surface area contributed by atoms with E-state index in [4.69, 9.17) is 0 Å². The fraction of sp³-hybridized carbons (Fsp3) is 0.222. The predicted molar refractivity (Wildman–Crippen MR) is 68.2 cm³/mol. The van der Waals surface area contributed by atoms with Crippen molar-refractivity contribution < 1.29 is 4.79 Å². The molecule has 2 aromatic heterocycles. The van der Waals surface area contributed by atoms with Crippen LogP contribution in [-0.2, 0) is 7.05 Å². The zero-order chi connectivity index (χ0) is 13.1. The van der Waals surface area contributed by atoms with Crippen LogP contribution in [0.3, 0.4) is 0 Å². The molecule has 2 rings (SSSR count). The molecule has 0 aliphatic carbocycles. The molecular formula is C9H10BrN7O. The van der Waals surface area contributed by atoms with Crippen molar-refractivity contribution in [3.05, 3.63) is 22.3 Å². The van der Waals surface area contributed by atoms with E-state index in [1.165, 1.54) is 4.80 Å². The largest absolute Gasteiger partial charge is 0.372 e. The molecule has 0 aromatic carbocycles. The number of hydrogen-bond donors (Lipinski definition) is 2. The number of nitrogens with zero attached hydrogens (tertiary/aromatic N) is 5. The molecule has 0 spiro atoms. The third-order valence-corrected chi connectivity index (χ3v) is 2.50. The van der Waals surface area contributed by atoms with Gasteiger partial charge in [-0.15, -0.1) is 5.10 Å². The number of aryl methyl sites for hydroxylation is 1. The van der Waals surface area contributed by atoms with Crippen molar-refractivity contribution in [1.82, 2.24) is 25.2 Å². The van der Waals surface area contributed by atoms with Gasteiger partial charge in [0.15, 0.2) is 0 Å². The Morgan fingerprint density at radius 1 is 1.50 bits per heavy atom. The molecule has 94 valence electrons. The van der Waals surface area contributed by atoms with E-state index in [0.717, 1.165) is 0 Å². The summed E-state index contributed by atoms with van der Waals surface area (Å²) in [5.41, 5.74) is 0.388. The number of amides is 1. The molecule has 0 bridgehead atoms. The molecule has 0 saturated heterocycles. The van der Waals surface area contributed by atoms with Gasteiger partial charge < -0.3 is 5.32 Å². The van der Waals surface area contributed by atoms with Crippen LogP contribution in [0.5, 0.6) is 0 Å². The summed E-state index contributed by atoms with van der Waals surface area (Å²) in [6.07, 6.45) is 1.60. The fourth-order valence-corrected chi connectivity index (χ4v) is 1.65. The summed E-state index contributed by atoms with van der Waals surface area (Å²) in [6, 6.07) is 1.66. The lowest BCUT2D eigenvalue weighted by Gasteiger charge is -2.07. The second kappa shape index (κ2) is 5.08. The molecule has 2 heterocycles. The Bertz CT molecular complexity index is 582. The number of rotatable bonds is 3. The van der Waals surface area contributed by atoms with Gasteiger partial charge in [0, 0.05) is 17.7 Å². The van der Waals surface area contributed by atoms with Crippen LogP contribution >= 0.6 is 15.9 Å². The van der Waals surface area contributed by atoms with Crippen molar-refractivity contribution in [3.63, 3.8) is 0 Å². The van der Waals surface area contributed by atoms with Gasteiger partial charge in [0.1, 0.15) is 5.82 Å². The maximum atomic E-state index is 12.0. The lowest BCUT2D eigenvalue weighted by Crippen LogP contribution is -2.16. The summed E-state index contributed by atoms with van der Waals surface area (Å²) in [5.74, 6) is 0.255. The van der Waals surface area contributed by atoms with Crippen LogP contribution in [0.15, 0.2) is 16.7 Å². The van der Waals surface area contributed by atoms with Gasteiger partial charge in [-0.2, -0.15) is 4.80 Å². The first-order valence-electron chi connectivity index (χ1n) is 4.99. The number of carbonyl (C=O) groups is 1. The summed E-state index contributed by atoms with van der Waals surface area (Å²) in [6.45, 7) is 0. The molecule has 0 aliphatic rings. The predicted octanol–water partition coefficient (Wildman–Crippen LogP) is 0.662. The topological polar surface area (TPSA) is 97.6 Å². The van der Waals surface area contributed by atoms with Crippen molar-refractivity contribution in [1.29, 1.82) is 0 Å². The van der Waals surface area contributed by atoms with Crippen LogP contribution in [-0.4, -0.2) is 38.1 Å². The lowest BCUT2D eigenvalue weighted by atomic mass is 10.2. The summed E-state index contributed by atoms with van der Waals surface area (Å²) >= 11 is 3.27. The monoisotopic (exact) mass is 311 g/mol. The molecular weight excluding hydrogens is 302 g/mol. The first-order valence-corrected chi connectivity index (χ1v) is 5.78. The SMILES string of the molecule is CNc1ncc(Br)cc1C(=O)Nc1nnn(C)n1. The molecule has 0 unspecified atom stereocenters. The summed E-state index contributed by atoms with van der Waals surface area (Å²) < 4.78 is 0.707. The molecule has 0 fully saturated rings. The van der Waals surface area contributed by atoms with Crippen molar-refractivity contribution in [3.8, 4) is 0 Å². The Balaban J connectivity index is 2.25. The van der Waals surface area contributed by atoms with E-state index in [-0.39, 0.29) is 11.9 Å². The second-order valence-corrected chi connectivity index (χ2v) is 4.27. The van der Waals surface area contributed by atoms with E-state index in [2.05, 4.69) is 47.0 Å². The second-order valence-electron chi connectivity index (χ2n) is 3.36. The number of pyridine rings is 1. The summed E-state index contributed by atoms with van der Waals surface area (Å²) in [4.78, 5) is 17.4. The highest BCUT2D eigenvalue weighted by Crippen LogP contribution is 2.18. The fourth-order valence-electron chi connectivity index (χ4n) is 1.31. The number of aromatic nitrogens is 5. The number of nitrogens with one attached hydrogen (secondary N) is 2. The Hall–Kier alpha value is -2.03. The average molecular weight is 312 g/mol. The molecule has 1 amide bonds. The van der Waals surface area contributed by atoms with E-state index in [0.29, 0.717) is 15.9 Å². The molecule has 9 heteroatoms. The Morgan fingerprint density at radius 2 is 2.28 bits per heavy atom. The van der Waals surface area contributed by atoms with Crippen LogP contribution < -0.4 is 10.6 Å². The molecule has 2 aromatic rings. The maximum absolute atomic E-state index is 12.0. The maximum Gasteiger partial charge on any atom is 0.270 e. The Kier molecular flexibility index (Phi) is 3.51. The van der Waals surface area contributed by atoms with Crippen LogP contribution in [0, 0.1) is 0 Å². The number of tetrazole rings is 1. The number of anilines is 2. The molecule has 2 N–H and O–H groups in total. The first kappa shape index (κ1) is 12.4. The van der Waals surface area contributed by atoms with Crippen molar-refractivity contribution in [2.24, 2.45) is 7.05 Å². The molecule has 0 aliphatic heterocycles. The first-order chi connectivity index (χ1) is 8.60. The van der Waals surface area contributed by atoms with E-state index in [1.54, 1.807) is 26.4 Å². The van der Waals surface area contributed by atoms with Gasteiger partial charge in [0.05, 0.1) is 12.6 Å². The quantitative estimate of drug-likeness (QED) is 0.864. The highest BCUT2D eigenvalue weighted by molar-refractivity contribution is 9.10. The third kappa shape index (κ3) is 2.62. The van der Waals surface area contributed by atoms with Crippen LogP contribution in [0.4, 0.5) is 11.8 Å². The zero-order valence-corrected chi connectivity index (χ0v) is 11.3. The number of carbonyl (C=O) groups excluding carboxylic acids is 1. The van der Waals surface area contributed by atoms with Crippen LogP contribution in [0.2, 0.25) is 0 Å². The van der Waals surface area contributed by atoms with Gasteiger partial charge in [-0.3, -0.25) is 10.1 Å². The molecule has 0 atom stereocenters. The smallest absolute Gasteiger partial charge is 0.270 e. The highest BCUT2D eigenvalue weighted by atomic mass is 79.9. The zero-order valence-electron chi connectivity index (χ0n) is 9.68. The Morgan fingerprint density at radius 3 is 2.89 bits per heavy atom. The number of halogens is 1. The Labute approximate surface area is 111 Å². The molecule has 18 heavy (non-hydrogen) atoms. The van der Waals surface area contributed by atoms with Gasteiger partial charge in [-0.1, -0.05) is 5.10 Å². The molecule has 0 saturated carbocycles. The van der Waals surface area contributed by atoms with Crippen molar-refractivity contribution in [2.45, 2.75) is 0 Å². The minimum absolute atomic E-state index is 0.143. The van der Waals surface area contributed by atoms with Gasteiger partial charge in [-0.05, 0) is 27.2 Å². The summed E-state index contributed by atoms with van der Waals surface area (Å²) in [7, 11) is 3.30. The van der Waals surface area contributed by atoms with Crippen LogP contribution in [0.25, 0.3) is 0 Å². The van der Waals surface area contributed by atoms with Crippen molar-refractivity contribution >= 4 is 33.6 Å². The van der Waals surface area contributed by atoms with E-state index in [9.17, 15) is 4.79 Å². The van der Waals surface area contributed by atoms with Crippen LogP contribution in [0.1, 0.15) is 10.4 Å². The third-order valence-electron chi connectivity index (χ3n) is 2.07. The minimum atomic E-state index is -0.360. The van der Waals surface area contributed by atoms with Gasteiger partial charge >= 0.3 is 0 Å². The van der Waals surface area contributed by atoms with E-state index in [1.807, 2.05) is 0 Å². The van der Waals surface area contributed by atoms with Gasteiger partial charge in [-0.25, -0.2) is 4.98 Å². The lowest BCUT2D eigenvalue weighted by molar-refractivity contribution is 0.102. The van der Waals surface area contributed by atoms with Gasteiger partial charge in [0.2, 0.25) is 0 Å². The minimum Gasteiger partial charge on any atom is -0.372 e. The highest BCUT2D eigenvalue weighted by Gasteiger charge is 2.14. The molecule has 0 radical (unpaired) electrons. The standard InChI is InChI=1S/C9H10BrN7O/c1-11-7-6(3-5(10)4-12-7)8(18)13-9-14-16-17(2)15-9/h3-4H,1-2H3,(H,11,12)(H,13,15,18). The van der Waals surface area contributed by atoms with Gasteiger partial charge in [0.25, 0.3) is 11.9 Å². The van der Waals surface area contributed by atoms with E-state index < -0.39 is 0 Å². The average Bonchev–Trinajstić information content (AvgIpc) is 2.74. The van der Waals surface area contributed by atoms with E-state index >= 15 is 0 Å². The number of hydrogen-bond acceptors (Lipinski definition) is 6. The summed E-state index contributed by atoms with van der Waals surface area (Å²) in [5, 5.41) is 16.5. The molecule has 8 nitrogen and oxygen atoms in total.